The number of fused-ring (bicyclic) bond motifs is 5. The van der Waals surface area contributed by atoms with Gasteiger partial charge in [-0.1, -0.05) is 19.9 Å². The van der Waals surface area contributed by atoms with Gasteiger partial charge in [0.15, 0.2) is 0 Å². The van der Waals surface area contributed by atoms with Crippen molar-refractivity contribution in [3.8, 4) is 5.75 Å². The summed E-state index contributed by atoms with van der Waals surface area (Å²) in [6.07, 6.45) is 7.71. The molecule has 0 bridgehead atoms. The van der Waals surface area contributed by atoms with Crippen LogP contribution in [-0.2, 0) is 6.42 Å². The van der Waals surface area contributed by atoms with Gasteiger partial charge in [-0.15, -0.1) is 0 Å². The third-order valence-electron chi connectivity index (χ3n) is 7.62. The van der Waals surface area contributed by atoms with Gasteiger partial charge in [0, 0.05) is 0 Å². The molecule has 5 atom stereocenters. The lowest BCUT2D eigenvalue weighted by Crippen LogP contribution is -2.50. The Labute approximate surface area is 133 Å². The zero-order valence-corrected chi connectivity index (χ0v) is 13.8. The van der Waals surface area contributed by atoms with E-state index in [1.54, 1.807) is 0 Å². The van der Waals surface area contributed by atoms with Crippen LogP contribution in [0.25, 0.3) is 0 Å². The van der Waals surface area contributed by atoms with Crippen molar-refractivity contribution in [1.29, 1.82) is 0 Å². The molecule has 4 rings (SSSR count). The van der Waals surface area contributed by atoms with Crippen molar-refractivity contribution in [2.45, 2.75) is 70.3 Å². The molecule has 3 aliphatic carbocycles. The molecule has 1 aromatic rings. The van der Waals surface area contributed by atoms with Gasteiger partial charge in [0.2, 0.25) is 0 Å². The number of benzene rings is 1. The number of hydrogen-bond acceptors (Lipinski definition) is 2. The molecule has 3 unspecified atom stereocenters. The predicted molar refractivity (Wildman–Crippen MR) is 88.0 cm³/mol. The Morgan fingerprint density at radius 1 is 1.18 bits per heavy atom. The minimum absolute atomic E-state index is 0.108. The van der Waals surface area contributed by atoms with Gasteiger partial charge in [0.05, 0.1) is 5.60 Å². The Morgan fingerprint density at radius 3 is 2.77 bits per heavy atom. The Balaban J connectivity index is 1.70. The van der Waals surface area contributed by atoms with E-state index < -0.39 is 5.60 Å². The quantitative estimate of drug-likeness (QED) is 0.807. The second-order valence-corrected chi connectivity index (χ2v) is 8.18. The maximum Gasteiger partial charge on any atom is 0.115 e. The molecule has 22 heavy (non-hydrogen) atoms. The fraction of sp³-hybridized carbons (Fsp3) is 0.700. The zero-order valence-electron chi connectivity index (χ0n) is 13.8. The number of phenolic OH excluding ortho intramolecular Hbond substituents is 1. The summed E-state index contributed by atoms with van der Waals surface area (Å²) >= 11 is 0. The first-order valence-electron chi connectivity index (χ1n) is 9.03. The first-order valence-corrected chi connectivity index (χ1v) is 9.03. The minimum Gasteiger partial charge on any atom is -0.508 e. The van der Waals surface area contributed by atoms with Crippen LogP contribution >= 0.6 is 0 Å². The smallest absolute Gasteiger partial charge is 0.115 e. The summed E-state index contributed by atoms with van der Waals surface area (Å²) in [6, 6.07) is 5.98. The standard InChI is InChI=1S/C20H28O2/c1-3-20(22)11-9-18-17-6-4-13-12-14(21)5-7-15(13)16(17)8-10-19(18,20)2/h5,7,12,16-18,21-22H,3-4,6,8-11H2,1-2H3/t16?,17-,18?,19+,20?/m1/s1. The Hall–Kier alpha value is -1.02. The van der Waals surface area contributed by atoms with Gasteiger partial charge in [0.25, 0.3) is 0 Å². The van der Waals surface area contributed by atoms with Gasteiger partial charge in [-0.3, -0.25) is 0 Å². The monoisotopic (exact) mass is 300 g/mol. The van der Waals surface area contributed by atoms with Crippen molar-refractivity contribution in [2.75, 3.05) is 0 Å². The Kier molecular flexibility index (Phi) is 3.14. The summed E-state index contributed by atoms with van der Waals surface area (Å²) in [5.74, 6) is 2.43. The number of aliphatic hydroxyl groups is 1. The molecular formula is C20H28O2. The molecule has 0 saturated heterocycles. The first-order chi connectivity index (χ1) is 10.5. The fourth-order valence-electron chi connectivity index (χ4n) is 6.26. The second kappa shape index (κ2) is 4.74. The van der Waals surface area contributed by atoms with E-state index in [2.05, 4.69) is 19.9 Å². The molecule has 0 heterocycles. The molecule has 0 amide bonds. The zero-order chi connectivity index (χ0) is 15.5. The average Bonchev–Trinajstić information content (AvgIpc) is 2.79. The first kappa shape index (κ1) is 14.6. The van der Waals surface area contributed by atoms with E-state index in [-0.39, 0.29) is 5.41 Å². The van der Waals surface area contributed by atoms with Crippen LogP contribution in [0.5, 0.6) is 5.75 Å². The number of rotatable bonds is 1. The van der Waals surface area contributed by atoms with Gasteiger partial charge < -0.3 is 10.2 Å². The van der Waals surface area contributed by atoms with Crippen molar-refractivity contribution < 1.29 is 10.2 Å². The van der Waals surface area contributed by atoms with Crippen LogP contribution in [0.3, 0.4) is 0 Å². The molecule has 1 aromatic carbocycles. The Morgan fingerprint density at radius 2 is 2.00 bits per heavy atom. The van der Waals surface area contributed by atoms with Gasteiger partial charge in [-0.25, -0.2) is 0 Å². The summed E-state index contributed by atoms with van der Waals surface area (Å²) in [4.78, 5) is 0. The van der Waals surface area contributed by atoms with Crippen LogP contribution in [0.15, 0.2) is 18.2 Å². The summed E-state index contributed by atoms with van der Waals surface area (Å²) in [7, 11) is 0. The van der Waals surface area contributed by atoms with Gasteiger partial charge in [0.1, 0.15) is 5.75 Å². The number of aromatic hydroxyl groups is 1. The summed E-state index contributed by atoms with van der Waals surface area (Å²) in [5.41, 5.74) is 2.49. The lowest BCUT2D eigenvalue weighted by atomic mass is 9.53. The molecule has 0 radical (unpaired) electrons. The van der Waals surface area contributed by atoms with Crippen LogP contribution in [-0.4, -0.2) is 15.8 Å². The number of hydrogen-bond donors (Lipinski definition) is 2. The van der Waals surface area contributed by atoms with Gasteiger partial charge >= 0.3 is 0 Å². The number of aryl methyl sites for hydroxylation is 1. The van der Waals surface area contributed by atoms with E-state index in [0.717, 1.165) is 31.6 Å². The van der Waals surface area contributed by atoms with Crippen LogP contribution in [0.2, 0.25) is 0 Å². The number of phenols is 1. The highest BCUT2D eigenvalue weighted by molar-refractivity contribution is 5.40. The SMILES string of the molecule is CCC1(O)CCC2[C@@H]3CCc4cc(O)ccc4C3CC[C@@]21C. The van der Waals surface area contributed by atoms with Crippen LogP contribution in [0.1, 0.15) is 69.4 Å². The fourth-order valence-corrected chi connectivity index (χ4v) is 6.26. The maximum absolute atomic E-state index is 11.1. The molecule has 2 N–H and O–H groups in total. The molecule has 2 nitrogen and oxygen atoms in total. The molecule has 2 heteroatoms. The lowest BCUT2D eigenvalue weighted by Gasteiger charge is -2.53. The Bertz CT molecular complexity index is 595. The van der Waals surface area contributed by atoms with E-state index >= 15 is 0 Å². The minimum atomic E-state index is -0.447. The molecule has 2 saturated carbocycles. The topological polar surface area (TPSA) is 40.5 Å². The molecule has 120 valence electrons. The summed E-state index contributed by atoms with van der Waals surface area (Å²) in [6.45, 7) is 4.51. The van der Waals surface area contributed by atoms with Crippen LogP contribution in [0, 0.1) is 17.3 Å². The predicted octanol–water partition coefficient (Wildman–Crippen LogP) is 4.39. The van der Waals surface area contributed by atoms with E-state index in [0.29, 0.717) is 17.6 Å². The molecular weight excluding hydrogens is 272 g/mol. The average molecular weight is 300 g/mol. The third kappa shape index (κ3) is 1.76. The van der Waals surface area contributed by atoms with Crippen molar-refractivity contribution in [3.63, 3.8) is 0 Å². The van der Waals surface area contributed by atoms with E-state index in [1.165, 1.54) is 30.4 Å². The summed E-state index contributed by atoms with van der Waals surface area (Å²) < 4.78 is 0. The second-order valence-electron chi connectivity index (χ2n) is 8.18. The largest absolute Gasteiger partial charge is 0.508 e. The lowest BCUT2D eigenvalue weighted by molar-refractivity contribution is -0.104. The van der Waals surface area contributed by atoms with E-state index in [1.807, 2.05) is 12.1 Å². The third-order valence-corrected chi connectivity index (χ3v) is 7.62. The maximum atomic E-state index is 11.1. The van der Waals surface area contributed by atoms with Crippen molar-refractivity contribution in [3.05, 3.63) is 29.3 Å². The molecule has 0 aliphatic heterocycles. The van der Waals surface area contributed by atoms with Crippen LogP contribution < -0.4 is 0 Å². The van der Waals surface area contributed by atoms with Crippen molar-refractivity contribution in [1.82, 2.24) is 0 Å². The molecule has 0 aromatic heterocycles. The van der Waals surface area contributed by atoms with Crippen molar-refractivity contribution >= 4 is 0 Å². The van der Waals surface area contributed by atoms with Crippen LogP contribution in [0.4, 0.5) is 0 Å². The molecule has 0 spiro atoms. The van der Waals surface area contributed by atoms with Gasteiger partial charge in [-0.2, -0.15) is 0 Å². The van der Waals surface area contributed by atoms with Crippen molar-refractivity contribution in [2.24, 2.45) is 17.3 Å². The van der Waals surface area contributed by atoms with Gasteiger partial charge in [-0.05, 0) is 91.4 Å². The molecule has 3 aliphatic rings. The highest BCUT2D eigenvalue weighted by Crippen LogP contribution is 2.64. The summed E-state index contributed by atoms with van der Waals surface area (Å²) in [5, 5.41) is 20.9. The van der Waals surface area contributed by atoms with E-state index in [4.69, 9.17) is 0 Å². The molecule has 2 fully saturated rings. The van der Waals surface area contributed by atoms with E-state index in [9.17, 15) is 10.2 Å². The highest BCUT2D eigenvalue weighted by atomic mass is 16.3. The normalized spacial score (nSPS) is 43.3. The highest BCUT2D eigenvalue weighted by Gasteiger charge is 2.60.